The van der Waals surface area contributed by atoms with Gasteiger partial charge in [-0.1, -0.05) is 36.4 Å². The van der Waals surface area contributed by atoms with Gasteiger partial charge in [0.1, 0.15) is 17.7 Å². The molecule has 0 fully saturated rings. The predicted octanol–water partition coefficient (Wildman–Crippen LogP) is 5.98. The number of carbonyl (C=O) groups excluding carboxylic acids is 5. The summed E-state index contributed by atoms with van der Waals surface area (Å²) in [6, 6.07) is 18.9. The molecule has 3 aromatic carbocycles. The minimum absolute atomic E-state index is 0.147. The van der Waals surface area contributed by atoms with E-state index in [-0.39, 0.29) is 24.3 Å². The van der Waals surface area contributed by atoms with Gasteiger partial charge in [-0.25, -0.2) is 9.59 Å². The van der Waals surface area contributed by atoms with Gasteiger partial charge in [0.05, 0.1) is 18.7 Å². The second-order valence-electron chi connectivity index (χ2n) is 14.0. The molecule has 0 aromatic heterocycles. The summed E-state index contributed by atoms with van der Waals surface area (Å²) in [4.78, 5) is 65.4. The Morgan fingerprint density at radius 3 is 2.12 bits per heavy atom. The van der Waals surface area contributed by atoms with Gasteiger partial charge in [-0.3, -0.25) is 14.4 Å². The Kier molecular flexibility index (Phi) is 12.9. The van der Waals surface area contributed by atoms with Crippen LogP contribution in [-0.4, -0.2) is 65.6 Å². The minimum atomic E-state index is -1.02. The van der Waals surface area contributed by atoms with Crippen molar-refractivity contribution < 1.29 is 33.4 Å². The zero-order valence-corrected chi connectivity index (χ0v) is 31.1. The quantitative estimate of drug-likeness (QED) is 0.167. The average Bonchev–Trinajstić information content (AvgIpc) is 3.10. The first-order valence-corrected chi connectivity index (χ1v) is 18.1. The van der Waals surface area contributed by atoms with E-state index in [4.69, 9.17) is 9.47 Å². The van der Waals surface area contributed by atoms with Crippen LogP contribution in [0, 0.1) is 0 Å². The van der Waals surface area contributed by atoms with Crippen molar-refractivity contribution in [2.75, 3.05) is 18.7 Å². The zero-order valence-electron chi connectivity index (χ0n) is 30.3. The van der Waals surface area contributed by atoms with Crippen LogP contribution in [0.2, 0.25) is 0 Å². The number of carbonyl (C=O) groups is 5. The van der Waals surface area contributed by atoms with Crippen LogP contribution in [0.25, 0.3) is 0 Å². The Balaban J connectivity index is 1.54. The van der Waals surface area contributed by atoms with Crippen molar-refractivity contribution in [2.45, 2.75) is 88.8 Å². The molecule has 1 aliphatic carbocycles. The van der Waals surface area contributed by atoms with Crippen LogP contribution in [0.4, 0.5) is 10.5 Å². The zero-order chi connectivity index (χ0) is 37.3. The van der Waals surface area contributed by atoms with Gasteiger partial charge in [0.25, 0.3) is 5.91 Å². The van der Waals surface area contributed by atoms with E-state index >= 15 is 0 Å². The topological polar surface area (TPSA) is 152 Å². The maximum atomic E-state index is 14.0. The van der Waals surface area contributed by atoms with Gasteiger partial charge >= 0.3 is 12.1 Å². The average molecular weight is 717 g/mol. The lowest BCUT2D eigenvalue weighted by Crippen LogP contribution is -2.60. The van der Waals surface area contributed by atoms with E-state index in [1.807, 2.05) is 38.3 Å². The number of anilines is 1. The van der Waals surface area contributed by atoms with E-state index in [1.54, 1.807) is 45.0 Å². The normalized spacial score (nSPS) is 15.3. The van der Waals surface area contributed by atoms with Crippen molar-refractivity contribution in [2.24, 2.45) is 0 Å². The summed E-state index contributed by atoms with van der Waals surface area (Å²) in [5, 5.41) is 11.7. The first kappa shape index (κ1) is 39.0. The van der Waals surface area contributed by atoms with Gasteiger partial charge in [0, 0.05) is 22.4 Å². The molecule has 0 spiro atoms. The Labute approximate surface area is 304 Å². The highest BCUT2D eigenvalue weighted by Crippen LogP contribution is 2.30. The van der Waals surface area contributed by atoms with Crippen LogP contribution in [0.3, 0.4) is 0 Å². The SMILES string of the molecule is COC(=O)c1ccc(C(=O)Nc2ccc(CC(NC(=O)C(NC(=O)OC(C)(C)C)C(C)(C)SC)C(=O)NC3CCCc4ccccc43)cc2)cc1. The molecule has 4 rings (SSSR count). The number of ether oxygens (including phenoxy) is 2. The van der Waals surface area contributed by atoms with Crippen LogP contribution < -0.4 is 21.3 Å². The first-order valence-electron chi connectivity index (χ1n) is 16.9. The van der Waals surface area contributed by atoms with E-state index < -0.39 is 40.4 Å². The maximum Gasteiger partial charge on any atom is 0.408 e. The van der Waals surface area contributed by atoms with Gasteiger partial charge in [-0.05, 0) is 113 Å². The van der Waals surface area contributed by atoms with E-state index in [0.29, 0.717) is 16.8 Å². The number of aryl methyl sites for hydroxylation is 1. The molecular weight excluding hydrogens is 669 g/mol. The molecule has 4 amide bonds. The second kappa shape index (κ2) is 16.9. The third-order valence-electron chi connectivity index (χ3n) is 8.68. The fraction of sp³-hybridized carbons (Fsp3) is 0.410. The van der Waals surface area contributed by atoms with Gasteiger partial charge in [-0.15, -0.1) is 0 Å². The highest BCUT2D eigenvalue weighted by molar-refractivity contribution is 8.00. The fourth-order valence-electron chi connectivity index (χ4n) is 5.78. The Morgan fingerprint density at radius 1 is 0.843 bits per heavy atom. The largest absolute Gasteiger partial charge is 0.465 e. The third-order valence-corrected chi connectivity index (χ3v) is 9.97. The lowest BCUT2D eigenvalue weighted by atomic mass is 9.87. The third kappa shape index (κ3) is 10.8. The summed E-state index contributed by atoms with van der Waals surface area (Å²) in [5.41, 5.74) is 3.44. The summed E-state index contributed by atoms with van der Waals surface area (Å²) in [7, 11) is 1.29. The molecule has 0 radical (unpaired) electrons. The summed E-state index contributed by atoms with van der Waals surface area (Å²) in [6.45, 7) is 8.91. The lowest BCUT2D eigenvalue weighted by Gasteiger charge is -2.34. The number of nitrogens with one attached hydrogen (secondary N) is 4. The Hall–Kier alpha value is -4.84. The molecule has 0 bridgehead atoms. The molecule has 3 unspecified atom stereocenters. The van der Waals surface area contributed by atoms with Gasteiger partial charge < -0.3 is 30.7 Å². The Morgan fingerprint density at radius 2 is 1.49 bits per heavy atom. The number of hydrogen-bond acceptors (Lipinski definition) is 8. The molecule has 3 aromatic rings. The molecule has 0 saturated carbocycles. The minimum Gasteiger partial charge on any atom is -0.465 e. The standard InChI is InChI=1S/C39H48N4O7S/c1-38(2,3)50-37(48)43-32(39(4,5)51-7)35(46)42-31(34(45)41-30-14-10-12-25-11-8-9-13-29(25)30)23-24-15-21-28(22-16-24)40-33(44)26-17-19-27(20-18-26)36(47)49-6/h8-9,11,13,15-22,30-32H,10,12,14,23H2,1-7H3,(H,40,44)(H,41,45)(H,42,46)(H,43,48). The van der Waals surface area contributed by atoms with Crippen molar-refractivity contribution in [3.63, 3.8) is 0 Å². The smallest absolute Gasteiger partial charge is 0.408 e. The number of esters is 1. The number of rotatable bonds is 12. The molecular formula is C39H48N4O7S. The van der Waals surface area contributed by atoms with Crippen LogP contribution in [-0.2, 0) is 31.9 Å². The number of alkyl carbamates (subject to hydrolysis) is 1. The molecule has 0 heterocycles. The van der Waals surface area contributed by atoms with Crippen molar-refractivity contribution in [1.82, 2.24) is 16.0 Å². The summed E-state index contributed by atoms with van der Waals surface area (Å²) >= 11 is 1.40. The van der Waals surface area contributed by atoms with E-state index in [1.165, 1.54) is 48.7 Å². The van der Waals surface area contributed by atoms with Crippen LogP contribution in [0.5, 0.6) is 0 Å². The number of thioether (sulfide) groups is 1. The summed E-state index contributed by atoms with van der Waals surface area (Å²) in [5.74, 6) is -1.73. The highest BCUT2D eigenvalue weighted by Gasteiger charge is 2.39. The number of fused-ring (bicyclic) bond motifs is 1. The van der Waals surface area contributed by atoms with Crippen LogP contribution in [0.15, 0.2) is 72.8 Å². The number of hydrogen-bond donors (Lipinski definition) is 4. The van der Waals surface area contributed by atoms with Crippen LogP contribution in [0.1, 0.15) is 90.9 Å². The highest BCUT2D eigenvalue weighted by atomic mass is 32.2. The molecule has 3 atom stereocenters. The second-order valence-corrected chi connectivity index (χ2v) is 15.5. The molecule has 51 heavy (non-hydrogen) atoms. The van der Waals surface area contributed by atoms with Crippen molar-refractivity contribution in [3.05, 3.63) is 101 Å². The molecule has 0 saturated heterocycles. The van der Waals surface area contributed by atoms with Crippen molar-refractivity contribution >= 4 is 47.2 Å². The van der Waals surface area contributed by atoms with Gasteiger partial charge in [-0.2, -0.15) is 11.8 Å². The van der Waals surface area contributed by atoms with Crippen LogP contribution >= 0.6 is 11.8 Å². The molecule has 272 valence electrons. The number of methoxy groups -OCH3 is 1. The molecule has 11 nitrogen and oxygen atoms in total. The van der Waals surface area contributed by atoms with Gasteiger partial charge in [0.15, 0.2) is 0 Å². The molecule has 0 aliphatic heterocycles. The number of benzene rings is 3. The number of amides is 4. The predicted molar refractivity (Wildman–Crippen MR) is 199 cm³/mol. The molecule has 1 aliphatic rings. The fourth-order valence-corrected chi connectivity index (χ4v) is 6.18. The van der Waals surface area contributed by atoms with Crippen molar-refractivity contribution in [3.8, 4) is 0 Å². The monoisotopic (exact) mass is 716 g/mol. The van der Waals surface area contributed by atoms with E-state index in [0.717, 1.165) is 30.4 Å². The Bertz CT molecular complexity index is 1720. The molecule has 4 N–H and O–H groups in total. The van der Waals surface area contributed by atoms with E-state index in [2.05, 4.69) is 27.3 Å². The summed E-state index contributed by atoms with van der Waals surface area (Å²) in [6.07, 6.45) is 3.89. The summed E-state index contributed by atoms with van der Waals surface area (Å²) < 4.78 is 9.42. The van der Waals surface area contributed by atoms with Crippen molar-refractivity contribution in [1.29, 1.82) is 0 Å². The molecule has 12 heteroatoms. The lowest BCUT2D eigenvalue weighted by molar-refractivity contribution is -0.130. The van der Waals surface area contributed by atoms with E-state index in [9.17, 15) is 24.0 Å². The maximum absolute atomic E-state index is 14.0. The van der Waals surface area contributed by atoms with Gasteiger partial charge in [0.2, 0.25) is 11.8 Å². The first-order chi connectivity index (χ1) is 24.1.